The molecule has 1 N–H and O–H groups in total. The first kappa shape index (κ1) is 16.2. The number of nitrogens with zero attached hydrogens (tertiary/aromatic N) is 2. The van der Waals surface area contributed by atoms with Crippen LogP contribution >= 0.6 is 0 Å². The van der Waals surface area contributed by atoms with E-state index < -0.39 is 15.7 Å². The van der Waals surface area contributed by atoms with Gasteiger partial charge in [0.05, 0.1) is 12.3 Å². The Bertz CT molecular complexity index is 861. The summed E-state index contributed by atoms with van der Waals surface area (Å²) in [5, 5.41) is 6.32. The van der Waals surface area contributed by atoms with Crippen molar-refractivity contribution in [3.8, 4) is 23.0 Å². The van der Waals surface area contributed by atoms with Crippen LogP contribution in [0.15, 0.2) is 22.7 Å². The second-order valence-corrected chi connectivity index (χ2v) is 7.50. The first-order valence-corrected chi connectivity index (χ1v) is 9.14. The maximum atomic E-state index is 11.6. The molecule has 0 fully saturated rings. The highest BCUT2D eigenvalue weighted by Crippen LogP contribution is 2.35. The van der Waals surface area contributed by atoms with Gasteiger partial charge in [0.15, 0.2) is 17.3 Å². The fourth-order valence-corrected chi connectivity index (χ4v) is 2.57. The molecule has 0 bridgehead atoms. The lowest BCUT2D eigenvalue weighted by atomic mass is 10.2. The van der Waals surface area contributed by atoms with Crippen molar-refractivity contribution in [3.05, 3.63) is 24.0 Å². The summed E-state index contributed by atoms with van der Waals surface area (Å²) < 4.78 is 37.7. The fraction of sp³-hybridized carbons (Fsp3) is 0.357. The quantitative estimate of drug-likeness (QED) is 0.798. The maximum absolute atomic E-state index is 11.6. The number of fused-ring (bicyclic) bond motifs is 1. The first-order chi connectivity index (χ1) is 11.4. The Kier molecular flexibility index (Phi) is 4.38. The maximum Gasteiger partial charge on any atom is 0.258 e. The average molecular weight is 353 g/mol. The molecule has 1 aromatic heterocycles. The Morgan fingerprint density at radius 2 is 2.08 bits per heavy atom. The summed E-state index contributed by atoms with van der Waals surface area (Å²) in [6.45, 7) is 0.226. The van der Waals surface area contributed by atoms with Crippen molar-refractivity contribution < 1.29 is 27.2 Å². The predicted molar refractivity (Wildman–Crippen MR) is 82.0 cm³/mol. The Hall–Kier alpha value is -2.62. The number of nitrogens with one attached hydrogen (secondary N) is 1. The molecule has 2 aromatic rings. The van der Waals surface area contributed by atoms with E-state index in [4.69, 9.17) is 14.0 Å². The van der Waals surface area contributed by atoms with E-state index in [9.17, 15) is 13.2 Å². The molecule has 0 unspecified atom stereocenters. The summed E-state index contributed by atoms with van der Waals surface area (Å²) >= 11 is 0. The molecule has 0 saturated heterocycles. The average Bonchev–Trinajstić information content (AvgIpc) is 3.18. The monoisotopic (exact) mass is 353 g/mol. The van der Waals surface area contributed by atoms with Gasteiger partial charge in [0, 0.05) is 18.2 Å². The lowest BCUT2D eigenvalue weighted by molar-refractivity contribution is -0.120. The van der Waals surface area contributed by atoms with Crippen molar-refractivity contribution in [2.24, 2.45) is 0 Å². The van der Waals surface area contributed by atoms with Crippen LogP contribution in [-0.2, 0) is 21.2 Å². The molecule has 9 nitrogen and oxygen atoms in total. The molecule has 2 heterocycles. The van der Waals surface area contributed by atoms with E-state index in [0.717, 1.165) is 6.26 Å². The van der Waals surface area contributed by atoms with Crippen LogP contribution in [0.2, 0.25) is 0 Å². The summed E-state index contributed by atoms with van der Waals surface area (Å²) in [7, 11) is -3.17. The van der Waals surface area contributed by atoms with Crippen molar-refractivity contribution in [2.75, 3.05) is 18.8 Å². The first-order valence-electron chi connectivity index (χ1n) is 7.08. The molecule has 10 heteroatoms. The number of hydrogen-bond donors (Lipinski definition) is 1. The molecule has 0 spiro atoms. The van der Waals surface area contributed by atoms with Crippen LogP contribution in [0.1, 0.15) is 12.2 Å². The third kappa shape index (κ3) is 4.02. The SMILES string of the molecule is CS(=O)(=O)CCC(=O)NCc1noc(-c2ccc3c(c2)OCO3)n1. The predicted octanol–water partition coefficient (Wildman–Crippen LogP) is 0.516. The van der Waals surface area contributed by atoms with E-state index in [0.29, 0.717) is 17.1 Å². The largest absolute Gasteiger partial charge is 0.454 e. The summed E-state index contributed by atoms with van der Waals surface area (Å²) in [5.74, 6) is 1.23. The van der Waals surface area contributed by atoms with Crippen LogP contribution in [0.5, 0.6) is 11.5 Å². The van der Waals surface area contributed by atoms with Crippen LogP contribution in [0.25, 0.3) is 11.5 Å². The lowest BCUT2D eigenvalue weighted by Crippen LogP contribution is -2.25. The number of carbonyl (C=O) groups is 1. The molecule has 3 rings (SSSR count). The topological polar surface area (TPSA) is 121 Å². The van der Waals surface area contributed by atoms with Gasteiger partial charge in [-0.05, 0) is 18.2 Å². The highest BCUT2D eigenvalue weighted by molar-refractivity contribution is 7.90. The highest BCUT2D eigenvalue weighted by atomic mass is 32.2. The molecule has 128 valence electrons. The number of hydrogen-bond acceptors (Lipinski definition) is 8. The van der Waals surface area contributed by atoms with Gasteiger partial charge in [0.25, 0.3) is 5.89 Å². The normalized spacial score (nSPS) is 13.0. The van der Waals surface area contributed by atoms with Gasteiger partial charge in [-0.1, -0.05) is 5.16 Å². The second-order valence-electron chi connectivity index (χ2n) is 5.24. The van der Waals surface area contributed by atoms with Gasteiger partial charge in [-0.3, -0.25) is 4.79 Å². The molecule has 1 aliphatic rings. The molecule has 1 amide bonds. The summed E-state index contributed by atoms with van der Waals surface area (Å²) in [6.07, 6.45) is 0.975. The molecule has 1 aromatic carbocycles. The van der Waals surface area contributed by atoms with Gasteiger partial charge in [-0.15, -0.1) is 0 Å². The number of sulfone groups is 1. The van der Waals surface area contributed by atoms with E-state index in [2.05, 4.69) is 15.5 Å². The number of benzene rings is 1. The van der Waals surface area contributed by atoms with E-state index in [1.807, 2.05) is 0 Å². The van der Waals surface area contributed by atoms with Crippen molar-refractivity contribution in [2.45, 2.75) is 13.0 Å². The van der Waals surface area contributed by atoms with E-state index in [1.54, 1.807) is 18.2 Å². The highest BCUT2D eigenvalue weighted by Gasteiger charge is 2.17. The van der Waals surface area contributed by atoms with Gasteiger partial charge in [-0.25, -0.2) is 8.42 Å². The molecule has 0 saturated carbocycles. The van der Waals surface area contributed by atoms with Gasteiger partial charge < -0.3 is 19.3 Å². The standard InChI is InChI=1S/C14H15N3O6S/c1-24(19,20)5-4-13(18)15-7-12-16-14(23-17-12)9-2-3-10-11(6-9)22-8-21-10/h2-3,6H,4-5,7-8H2,1H3,(H,15,18). The second kappa shape index (κ2) is 6.48. The number of ether oxygens (including phenoxy) is 2. The Morgan fingerprint density at radius 3 is 2.88 bits per heavy atom. The van der Waals surface area contributed by atoms with E-state index in [-0.39, 0.29) is 37.2 Å². The molecule has 0 atom stereocenters. The number of carbonyl (C=O) groups excluding carboxylic acids is 1. The zero-order valence-electron chi connectivity index (χ0n) is 12.8. The molecular formula is C14H15N3O6S. The summed E-state index contributed by atoms with van der Waals surface area (Å²) in [5.41, 5.74) is 0.668. The molecule has 0 radical (unpaired) electrons. The summed E-state index contributed by atoms with van der Waals surface area (Å²) in [4.78, 5) is 15.8. The van der Waals surface area contributed by atoms with Crippen molar-refractivity contribution in [1.29, 1.82) is 0 Å². The minimum atomic E-state index is -3.17. The van der Waals surface area contributed by atoms with Gasteiger partial charge in [-0.2, -0.15) is 4.98 Å². The van der Waals surface area contributed by atoms with E-state index in [1.165, 1.54) is 0 Å². The van der Waals surface area contributed by atoms with Gasteiger partial charge >= 0.3 is 0 Å². The lowest BCUT2D eigenvalue weighted by Gasteiger charge is -2.01. The molecule has 1 aliphatic heterocycles. The molecule has 0 aliphatic carbocycles. The van der Waals surface area contributed by atoms with Gasteiger partial charge in [0.1, 0.15) is 9.84 Å². The van der Waals surface area contributed by atoms with E-state index >= 15 is 0 Å². The Labute approximate surface area is 137 Å². The Morgan fingerprint density at radius 1 is 1.29 bits per heavy atom. The number of rotatable bonds is 6. The van der Waals surface area contributed by atoms with Crippen LogP contribution in [0.4, 0.5) is 0 Å². The summed E-state index contributed by atoms with van der Waals surface area (Å²) in [6, 6.07) is 5.23. The minimum absolute atomic E-state index is 0.0522. The minimum Gasteiger partial charge on any atom is -0.454 e. The van der Waals surface area contributed by atoms with Crippen LogP contribution in [0.3, 0.4) is 0 Å². The van der Waals surface area contributed by atoms with Crippen LogP contribution in [0, 0.1) is 0 Å². The fourth-order valence-electron chi connectivity index (χ4n) is 2.02. The molecular weight excluding hydrogens is 338 g/mol. The van der Waals surface area contributed by atoms with Crippen LogP contribution < -0.4 is 14.8 Å². The number of amides is 1. The molecule has 24 heavy (non-hydrogen) atoms. The Balaban J connectivity index is 1.59. The zero-order valence-corrected chi connectivity index (χ0v) is 13.6. The third-order valence-corrected chi connectivity index (χ3v) is 4.18. The smallest absolute Gasteiger partial charge is 0.258 e. The van der Waals surface area contributed by atoms with Crippen molar-refractivity contribution in [3.63, 3.8) is 0 Å². The number of aromatic nitrogens is 2. The van der Waals surface area contributed by atoms with Crippen molar-refractivity contribution in [1.82, 2.24) is 15.5 Å². The van der Waals surface area contributed by atoms with Crippen molar-refractivity contribution >= 4 is 15.7 Å². The van der Waals surface area contributed by atoms with Gasteiger partial charge in [0.2, 0.25) is 12.7 Å². The van der Waals surface area contributed by atoms with Crippen LogP contribution in [-0.4, -0.2) is 43.3 Å². The zero-order chi connectivity index (χ0) is 17.2. The third-order valence-electron chi connectivity index (χ3n) is 3.23.